The van der Waals surface area contributed by atoms with Gasteiger partial charge in [0.05, 0.1) is 25.2 Å². The fraction of sp³-hybridized carbons (Fsp3) is 0.588. The van der Waals surface area contributed by atoms with Crippen LogP contribution in [-0.2, 0) is 4.79 Å². The van der Waals surface area contributed by atoms with E-state index in [0.717, 1.165) is 37.0 Å². The van der Waals surface area contributed by atoms with Crippen LogP contribution in [0, 0.1) is 13.8 Å². The summed E-state index contributed by atoms with van der Waals surface area (Å²) in [7, 11) is 0. The van der Waals surface area contributed by atoms with Crippen LogP contribution in [0.25, 0.3) is 0 Å². The van der Waals surface area contributed by atoms with Gasteiger partial charge in [0.25, 0.3) is 0 Å². The number of aliphatic hydroxyl groups excluding tert-OH is 1. The smallest absolute Gasteiger partial charge is 0.223 e. The van der Waals surface area contributed by atoms with Crippen LogP contribution in [0.2, 0.25) is 0 Å². The Morgan fingerprint density at radius 3 is 2.86 bits per heavy atom. The molecule has 116 valence electrons. The summed E-state index contributed by atoms with van der Waals surface area (Å²) in [4.78, 5) is 11.9. The Labute approximate surface area is 126 Å². The van der Waals surface area contributed by atoms with Gasteiger partial charge in [0.1, 0.15) is 5.75 Å². The summed E-state index contributed by atoms with van der Waals surface area (Å²) < 4.78 is 5.68. The van der Waals surface area contributed by atoms with E-state index < -0.39 is 6.10 Å². The van der Waals surface area contributed by atoms with Crippen molar-refractivity contribution >= 4 is 5.91 Å². The molecule has 21 heavy (non-hydrogen) atoms. The molecule has 0 heterocycles. The van der Waals surface area contributed by atoms with Crippen LogP contribution in [0.3, 0.4) is 0 Å². The Balaban J connectivity index is 1.75. The van der Waals surface area contributed by atoms with Crippen molar-refractivity contribution in [2.24, 2.45) is 0 Å². The van der Waals surface area contributed by atoms with Gasteiger partial charge in [0, 0.05) is 0 Å². The van der Waals surface area contributed by atoms with Gasteiger partial charge in [-0.25, -0.2) is 0 Å². The summed E-state index contributed by atoms with van der Waals surface area (Å²) in [5.41, 5.74) is 2.29. The van der Waals surface area contributed by atoms with E-state index in [2.05, 4.69) is 5.32 Å². The third-order valence-corrected chi connectivity index (χ3v) is 4.22. The molecule has 4 nitrogen and oxygen atoms in total. The van der Waals surface area contributed by atoms with Gasteiger partial charge in [-0.3, -0.25) is 4.79 Å². The molecule has 4 heteroatoms. The minimum absolute atomic E-state index is 0.0498. The molecule has 0 spiro atoms. The van der Waals surface area contributed by atoms with Crippen molar-refractivity contribution in [1.82, 2.24) is 5.32 Å². The fourth-order valence-corrected chi connectivity index (χ4v) is 2.69. The molecule has 1 fully saturated rings. The lowest BCUT2D eigenvalue weighted by Gasteiger charge is -2.28. The van der Waals surface area contributed by atoms with Gasteiger partial charge in [0.15, 0.2) is 0 Å². The van der Waals surface area contributed by atoms with Crippen molar-refractivity contribution < 1.29 is 14.6 Å². The van der Waals surface area contributed by atoms with E-state index in [1.165, 1.54) is 5.56 Å². The second-order valence-electron chi connectivity index (χ2n) is 5.82. The lowest BCUT2D eigenvalue weighted by molar-refractivity contribution is -0.123. The predicted molar refractivity (Wildman–Crippen MR) is 82.4 cm³/mol. The van der Waals surface area contributed by atoms with Crippen molar-refractivity contribution in [1.29, 1.82) is 0 Å². The van der Waals surface area contributed by atoms with Gasteiger partial charge in [-0.05, 0) is 43.9 Å². The summed E-state index contributed by atoms with van der Waals surface area (Å²) in [6.45, 7) is 4.42. The SMILES string of the molecule is Cc1cccc(OCCC(=O)NC2CCCCC2O)c1C. The zero-order chi connectivity index (χ0) is 15.2. The van der Waals surface area contributed by atoms with Crippen molar-refractivity contribution in [3.05, 3.63) is 29.3 Å². The molecule has 2 rings (SSSR count). The van der Waals surface area contributed by atoms with E-state index in [4.69, 9.17) is 4.74 Å². The molecule has 1 aliphatic carbocycles. The number of aliphatic hydroxyl groups is 1. The molecule has 2 unspecified atom stereocenters. The largest absolute Gasteiger partial charge is 0.493 e. The van der Waals surface area contributed by atoms with E-state index in [0.29, 0.717) is 13.0 Å². The van der Waals surface area contributed by atoms with Crippen molar-refractivity contribution in [3.8, 4) is 5.75 Å². The Hall–Kier alpha value is -1.55. The average Bonchev–Trinajstić information content (AvgIpc) is 2.46. The third kappa shape index (κ3) is 4.46. The van der Waals surface area contributed by atoms with Crippen LogP contribution in [0.5, 0.6) is 5.75 Å². The number of amides is 1. The number of hydrogen-bond donors (Lipinski definition) is 2. The Bertz CT molecular complexity index is 487. The maximum atomic E-state index is 11.9. The lowest BCUT2D eigenvalue weighted by atomic mass is 9.92. The van der Waals surface area contributed by atoms with Crippen LogP contribution in [0.15, 0.2) is 18.2 Å². The molecule has 2 N–H and O–H groups in total. The maximum absolute atomic E-state index is 11.9. The highest BCUT2D eigenvalue weighted by molar-refractivity contribution is 5.76. The first kappa shape index (κ1) is 15.8. The number of rotatable bonds is 5. The first-order valence-corrected chi connectivity index (χ1v) is 7.74. The molecule has 0 aliphatic heterocycles. The number of hydrogen-bond acceptors (Lipinski definition) is 3. The minimum Gasteiger partial charge on any atom is -0.493 e. The number of ether oxygens (including phenoxy) is 1. The highest BCUT2D eigenvalue weighted by Gasteiger charge is 2.24. The molecule has 0 saturated heterocycles. The minimum atomic E-state index is -0.400. The van der Waals surface area contributed by atoms with Gasteiger partial charge in [-0.2, -0.15) is 0 Å². The maximum Gasteiger partial charge on any atom is 0.223 e. The molecule has 1 saturated carbocycles. The van der Waals surface area contributed by atoms with Gasteiger partial charge >= 0.3 is 0 Å². The summed E-state index contributed by atoms with van der Waals surface area (Å²) in [6, 6.07) is 5.83. The number of carbonyl (C=O) groups is 1. The summed E-state index contributed by atoms with van der Waals surface area (Å²) in [5, 5.41) is 12.8. The second-order valence-corrected chi connectivity index (χ2v) is 5.82. The van der Waals surface area contributed by atoms with Crippen molar-refractivity contribution in [2.75, 3.05) is 6.61 Å². The molecular weight excluding hydrogens is 266 g/mol. The first-order valence-electron chi connectivity index (χ1n) is 7.74. The van der Waals surface area contributed by atoms with Gasteiger partial charge in [-0.1, -0.05) is 25.0 Å². The normalized spacial score (nSPS) is 21.9. The van der Waals surface area contributed by atoms with E-state index in [1.54, 1.807) is 0 Å². The number of aryl methyl sites for hydroxylation is 1. The van der Waals surface area contributed by atoms with Gasteiger partial charge in [0.2, 0.25) is 5.91 Å². The quantitative estimate of drug-likeness (QED) is 0.876. The van der Waals surface area contributed by atoms with Crippen LogP contribution < -0.4 is 10.1 Å². The van der Waals surface area contributed by atoms with Crippen LogP contribution in [0.4, 0.5) is 0 Å². The zero-order valence-electron chi connectivity index (χ0n) is 12.9. The molecule has 2 atom stereocenters. The number of carbonyl (C=O) groups excluding carboxylic acids is 1. The standard InChI is InChI=1S/C17H25NO3/c1-12-6-5-9-16(13(12)2)21-11-10-17(20)18-14-7-3-4-8-15(14)19/h5-6,9,14-15,19H,3-4,7-8,10-11H2,1-2H3,(H,18,20). The predicted octanol–water partition coefficient (Wildman–Crippen LogP) is 2.49. The van der Waals surface area contributed by atoms with E-state index in [-0.39, 0.29) is 11.9 Å². The Kier molecular flexibility index (Phi) is 5.62. The lowest BCUT2D eigenvalue weighted by Crippen LogP contribution is -2.45. The monoisotopic (exact) mass is 291 g/mol. The second kappa shape index (κ2) is 7.46. The molecule has 1 aliphatic rings. The van der Waals surface area contributed by atoms with Gasteiger partial charge < -0.3 is 15.2 Å². The molecule has 0 bridgehead atoms. The summed E-state index contributed by atoms with van der Waals surface area (Å²) >= 11 is 0. The topological polar surface area (TPSA) is 58.6 Å². The molecule has 0 aromatic heterocycles. The number of nitrogens with one attached hydrogen (secondary N) is 1. The molecule has 1 amide bonds. The zero-order valence-corrected chi connectivity index (χ0v) is 12.9. The fourth-order valence-electron chi connectivity index (χ4n) is 2.69. The van der Waals surface area contributed by atoms with Gasteiger partial charge in [-0.15, -0.1) is 0 Å². The first-order chi connectivity index (χ1) is 10.1. The average molecular weight is 291 g/mol. The van der Waals surface area contributed by atoms with Crippen molar-refractivity contribution in [2.45, 2.75) is 58.1 Å². The Morgan fingerprint density at radius 2 is 2.10 bits per heavy atom. The highest BCUT2D eigenvalue weighted by atomic mass is 16.5. The molecule has 1 aromatic carbocycles. The highest BCUT2D eigenvalue weighted by Crippen LogP contribution is 2.21. The van der Waals surface area contributed by atoms with E-state index in [9.17, 15) is 9.90 Å². The molecular formula is C17H25NO3. The van der Waals surface area contributed by atoms with Crippen LogP contribution >= 0.6 is 0 Å². The summed E-state index contributed by atoms with van der Waals surface area (Å²) in [6.07, 6.45) is 3.68. The van der Waals surface area contributed by atoms with Crippen LogP contribution in [0.1, 0.15) is 43.2 Å². The molecule has 0 radical (unpaired) electrons. The Morgan fingerprint density at radius 1 is 1.33 bits per heavy atom. The third-order valence-electron chi connectivity index (χ3n) is 4.22. The van der Waals surface area contributed by atoms with Crippen molar-refractivity contribution in [3.63, 3.8) is 0 Å². The van der Waals surface area contributed by atoms with E-state index in [1.807, 2.05) is 32.0 Å². The molecule has 1 aromatic rings. The summed E-state index contributed by atoms with van der Waals surface area (Å²) in [5.74, 6) is 0.784. The van der Waals surface area contributed by atoms with E-state index >= 15 is 0 Å². The van der Waals surface area contributed by atoms with Crippen LogP contribution in [-0.4, -0.2) is 29.8 Å². The number of benzene rings is 1.